The third-order valence-electron chi connectivity index (χ3n) is 5.72. The van der Waals surface area contributed by atoms with Gasteiger partial charge in [-0.1, -0.05) is 36.8 Å². The largest absolute Gasteiger partial charge is 0.339 e. The third kappa shape index (κ3) is 6.49. The van der Waals surface area contributed by atoms with E-state index in [0.717, 1.165) is 37.1 Å². The molecule has 1 aliphatic rings. The van der Waals surface area contributed by atoms with E-state index in [-0.39, 0.29) is 23.1 Å². The van der Waals surface area contributed by atoms with Crippen LogP contribution in [-0.2, 0) is 21.2 Å². The number of nitrogens with one attached hydrogen (secondary N) is 3. The van der Waals surface area contributed by atoms with Crippen LogP contribution in [0.5, 0.6) is 0 Å². The number of amides is 2. The van der Waals surface area contributed by atoms with Crippen molar-refractivity contribution >= 4 is 27.5 Å². The molecule has 35 heavy (non-hydrogen) atoms. The van der Waals surface area contributed by atoms with Crippen molar-refractivity contribution in [1.29, 1.82) is 0 Å². The fraction of sp³-hybridized carbons (Fsp3) is 0.240. The monoisotopic (exact) mass is 496 g/mol. The van der Waals surface area contributed by atoms with Gasteiger partial charge in [-0.2, -0.15) is 0 Å². The number of anilines is 1. The standard InChI is InChI=1S/C25H25FN4O4S/c26-18-9-14-22(27-16-18)24(31)29-23(15-17-5-2-1-3-6-17)25(32)28-19-10-12-21(13-11-19)35(33,34)30-20-7-4-8-20/h1-3,5-6,9-14,16,20,23,30H,4,7-8,15H2,(H,28,32)(H,29,31). The lowest BCUT2D eigenvalue weighted by atomic mass is 9.94. The SMILES string of the molecule is O=C(NC(Cc1ccccc1)C(=O)Nc1ccc(S(=O)(=O)NC2CCC2)cc1)c1ccc(F)cn1. The second-order valence-corrected chi connectivity index (χ2v) is 10.1. The summed E-state index contributed by atoms with van der Waals surface area (Å²) in [5, 5.41) is 5.37. The number of pyridine rings is 1. The lowest BCUT2D eigenvalue weighted by molar-refractivity contribution is -0.118. The normalized spacial score (nSPS) is 14.5. The van der Waals surface area contributed by atoms with E-state index in [2.05, 4.69) is 20.3 Å². The fourth-order valence-electron chi connectivity index (χ4n) is 3.56. The summed E-state index contributed by atoms with van der Waals surface area (Å²) in [4.78, 5) is 29.6. The van der Waals surface area contributed by atoms with Crippen molar-refractivity contribution in [2.24, 2.45) is 0 Å². The van der Waals surface area contributed by atoms with Gasteiger partial charge in [0.2, 0.25) is 15.9 Å². The predicted octanol–water partition coefficient (Wildman–Crippen LogP) is 3.03. The van der Waals surface area contributed by atoms with E-state index < -0.39 is 33.7 Å². The van der Waals surface area contributed by atoms with Gasteiger partial charge in [-0.25, -0.2) is 22.5 Å². The maximum Gasteiger partial charge on any atom is 0.270 e. The molecule has 10 heteroatoms. The van der Waals surface area contributed by atoms with E-state index in [1.807, 2.05) is 30.3 Å². The van der Waals surface area contributed by atoms with Crippen LogP contribution in [0.2, 0.25) is 0 Å². The van der Waals surface area contributed by atoms with Crippen LogP contribution in [0.1, 0.15) is 35.3 Å². The smallest absolute Gasteiger partial charge is 0.270 e. The van der Waals surface area contributed by atoms with Gasteiger partial charge in [-0.05, 0) is 54.8 Å². The van der Waals surface area contributed by atoms with Crippen LogP contribution in [0.15, 0.2) is 77.8 Å². The van der Waals surface area contributed by atoms with Crippen LogP contribution >= 0.6 is 0 Å². The van der Waals surface area contributed by atoms with Crippen LogP contribution < -0.4 is 15.4 Å². The molecule has 1 aliphatic carbocycles. The number of nitrogens with zero attached hydrogens (tertiary/aromatic N) is 1. The molecule has 1 saturated carbocycles. The van der Waals surface area contributed by atoms with Crippen molar-refractivity contribution in [3.63, 3.8) is 0 Å². The van der Waals surface area contributed by atoms with Gasteiger partial charge in [0.1, 0.15) is 17.6 Å². The molecule has 1 unspecified atom stereocenters. The van der Waals surface area contributed by atoms with Crippen molar-refractivity contribution in [2.45, 2.75) is 42.7 Å². The van der Waals surface area contributed by atoms with Crippen molar-refractivity contribution in [3.8, 4) is 0 Å². The number of sulfonamides is 1. The highest BCUT2D eigenvalue weighted by atomic mass is 32.2. The molecule has 3 N–H and O–H groups in total. The zero-order valence-electron chi connectivity index (χ0n) is 18.8. The van der Waals surface area contributed by atoms with E-state index in [9.17, 15) is 22.4 Å². The first-order valence-electron chi connectivity index (χ1n) is 11.2. The van der Waals surface area contributed by atoms with E-state index in [1.54, 1.807) is 0 Å². The quantitative estimate of drug-likeness (QED) is 0.421. The molecule has 182 valence electrons. The third-order valence-corrected chi connectivity index (χ3v) is 7.26. The van der Waals surface area contributed by atoms with E-state index in [0.29, 0.717) is 5.69 Å². The summed E-state index contributed by atoms with van der Waals surface area (Å²) >= 11 is 0. The first-order chi connectivity index (χ1) is 16.8. The number of hydrogen-bond donors (Lipinski definition) is 3. The molecule has 1 fully saturated rings. The molecule has 1 atom stereocenters. The van der Waals surface area contributed by atoms with Gasteiger partial charge in [0.05, 0.1) is 11.1 Å². The molecule has 4 rings (SSSR count). The number of benzene rings is 2. The number of rotatable bonds is 9. The molecule has 0 aliphatic heterocycles. The highest BCUT2D eigenvalue weighted by Gasteiger charge is 2.25. The highest BCUT2D eigenvalue weighted by Crippen LogP contribution is 2.22. The zero-order chi connectivity index (χ0) is 24.8. The molecule has 2 aromatic carbocycles. The molecule has 8 nitrogen and oxygen atoms in total. The summed E-state index contributed by atoms with van der Waals surface area (Å²) in [6.45, 7) is 0. The van der Waals surface area contributed by atoms with E-state index >= 15 is 0 Å². The minimum atomic E-state index is -3.63. The van der Waals surface area contributed by atoms with Gasteiger partial charge in [0.15, 0.2) is 0 Å². The number of halogens is 1. The summed E-state index contributed by atoms with van der Waals surface area (Å²) in [6.07, 6.45) is 3.80. The predicted molar refractivity (Wildman–Crippen MR) is 129 cm³/mol. The van der Waals surface area contributed by atoms with Crippen molar-refractivity contribution < 1.29 is 22.4 Å². The summed E-state index contributed by atoms with van der Waals surface area (Å²) in [5.74, 6) is -1.69. The number of aromatic nitrogens is 1. The summed E-state index contributed by atoms with van der Waals surface area (Å²) < 4.78 is 40.8. The lowest BCUT2D eigenvalue weighted by Gasteiger charge is -2.26. The topological polar surface area (TPSA) is 117 Å². The molecular weight excluding hydrogens is 471 g/mol. The van der Waals surface area contributed by atoms with Crippen LogP contribution in [0.25, 0.3) is 0 Å². The van der Waals surface area contributed by atoms with Gasteiger partial charge < -0.3 is 10.6 Å². The Labute approximate surface area is 203 Å². The molecule has 1 aromatic heterocycles. The maximum absolute atomic E-state index is 13.2. The molecule has 0 saturated heterocycles. The van der Waals surface area contributed by atoms with Gasteiger partial charge >= 0.3 is 0 Å². The minimum absolute atomic E-state index is 0.0224. The second kappa shape index (κ2) is 10.7. The maximum atomic E-state index is 13.2. The van der Waals surface area contributed by atoms with Gasteiger partial charge in [-0.15, -0.1) is 0 Å². The first-order valence-corrected chi connectivity index (χ1v) is 12.7. The minimum Gasteiger partial charge on any atom is -0.339 e. The van der Waals surface area contributed by atoms with Crippen LogP contribution in [0.4, 0.5) is 10.1 Å². The lowest BCUT2D eigenvalue weighted by Crippen LogP contribution is -2.45. The van der Waals surface area contributed by atoms with Crippen molar-refractivity contribution in [2.75, 3.05) is 5.32 Å². The molecule has 0 radical (unpaired) electrons. The molecule has 1 heterocycles. The Kier molecular flexibility index (Phi) is 7.52. The average molecular weight is 497 g/mol. The molecule has 2 amide bonds. The molecular formula is C25H25FN4O4S. The van der Waals surface area contributed by atoms with Gasteiger partial charge in [-0.3, -0.25) is 9.59 Å². The van der Waals surface area contributed by atoms with E-state index in [1.165, 1.54) is 30.3 Å². The Morgan fingerprint density at radius 3 is 2.31 bits per heavy atom. The molecule has 3 aromatic rings. The highest BCUT2D eigenvalue weighted by molar-refractivity contribution is 7.89. The fourth-order valence-corrected chi connectivity index (χ4v) is 4.87. The van der Waals surface area contributed by atoms with Crippen LogP contribution in [-0.4, -0.2) is 37.3 Å². The Morgan fingerprint density at radius 2 is 1.71 bits per heavy atom. The molecule has 0 spiro atoms. The number of carbonyl (C=O) groups is 2. The first kappa shape index (κ1) is 24.5. The van der Waals surface area contributed by atoms with E-state index in [4.69, 9.17) is 0 Å². The zero-order valence-corrected chi connectivity index (χ0v) is 19.6. The number of hydrogen-bond acceptors (Lipinski definition) is 5. The Morgan fingerprint density at radius 1 is 1.00 bits per heavy atom. The summed E-state index contributed by atoms with van der Waals surface area (Å²) in [7, 11) is -3.63. The van der Waals surface area contributed by atoms with Crippen molar-refractivity contribution in [1.82, 2.24) is 15.0 Å². The summed E-state index contributed by atoms with van der Waals surface area (Å²) in [5.41, 5.74) is 1.18. The van der Waals surface area contributed by atoms with Crippen molar-refractivity contribution in [3.05, 3.63) is 90.0 Å². The summed E-state index contributed by atoms with van der Waals surface area (Å²) in [6, 6.07) is 16.3. The van der Waals surface area contributed by atoms with Crippen LogP contribution in [0.3, 0.4) is 0 Å². The number of carbonyl (C=O) groups excluding carboxylic acids is 2. The molecule has 0 bridgehead atoms. The second-order valence-electron chi connectivity index (χ2n) is 8.34. The average Bonchev–Trinajstić information content (AvgIpc) is 2.82. The van der Waals surface area contributed by atoms with Crippen LogP contribution in [0, 0.1) is 5.82 Å². The van der Waals surface area contributed by atoms with Gasteiger partial charge in [0.25, 0.3) is 5.91 Å². The Hall–Kier alpha value is -3.63. The van der Waals surface area contributed by atoms with Gasteiger partial charge in [0, 0.05) is 18.2 Å². The Bertz CT molecular complexity index is 1280. The Balaban J connectivity index is 1.47.